The van der Waals surface area contributed by atoms with Crippen LogP contribution in [0.2, 0.25) is 0 Å². The monoisotopic (exact) mass is 187 g/mol. The normalized spacial score (nSPS) is 19.4. The van der Waals surface area contributed by atoms with Crippen molar-refractivity contribution in [2.45, 2.75) is 32.8 Å². The second-order valence-corrected chi connectivity index (χ2v) is 4.25. The van der Waals surface area contributed by atoms with Gasteiger partial charge in [0.1, 0.15) is 0 Å². The molecule has 0 unspecified atom stereocenters. The Labute approximate surface area is 80.5 Å². The first-order valence-corrected chi connectivity index (χ1v) is 5.12. The highest BCUT2D eigenvalue weighted by Crippen LogP contribution is 2.44. The van der Waals surface area contributed by atoms with E-state index in [1.165, 1.54) is 12.8 Å². The molecule has 0 spiro atoms. The highest BCUT2D eigenvalue weighted by molar-refractivity contribution is 4.94. The van der Waals surface area contributed by atoms with Crippen molar-refractivity contribution in [3.05, 3.63) is 0 Å². The van der Waals surface area contributed by atoms with Gasteiger partial charge in [-0.05, 0) is 26.7 Å². The highest BCUT2D eigenvalue weighted by Gasteiger charge is 2.41. The summed E-state index contributed by atoms with van der Waals surface area (Å²) in [5.74, 6) is 0. The van der Waals surface area contributed by atoms with Crippen molar-refractivity contribution < 1.29 is 9.84 Å². The van der Waals surface area contributed by atoms with Crippen LogP contribution in [0.1, 0.15) is 26.7 Å². The fourth-order valence-electron chi connectivity index (χ4n) is 1.29. The Hall–Kier alpha value is -0.120. The molecule has 0 radical (unpaired) electrons. The van der Waals surface area contributed by atoms with Crippen molar-refractivity contribution in [1.82, 2.24) is 5.32 Å². The minimum absolute atomic E-state index is 0.220. The molecule has 0 aliphatic heterocycles. The lowest BCUT2D eigenvalue weighted by molar-refractivity contribution is 0.0793. The fourth-order valence-corrected chi connectivity index (χ4v) is 1.29. The molecule has 1 saturated carbocycles. The third kappa shape index (κ3) is 4.07. The number of ether oxygens (including phenoxy) is 1. The second kappa shape index (κ2) is 4.94. The molecule has 1 aliphatic carbocycles. The van der Waals surface area contributed by atoms with Gasteiger partial charge in [-0.25, -0.2) is 0 Å². The third-order valence-corrected chi connectivity index (χ3v) is 2.52. The van der Waals surface area contributed by atoms with Gasteiger partial charge in [0.15, 0.2) is 0 Å². The van der Waals surface area contributed by atoms with Crippen LogP contribution in [0.5, 0.6) is 0 Å². The Kier molecular flexibility index (Phi) is 4.16. The standard InChI is InChI=1S/C10H21NO2/c1-9(2)13-6-5-11-7-10(8-12)3-4-10/h9,11-12H,3-8H2,1-2H3. The average molecular weight is 187 g/mol. The summed E-state index contributed by atoms with van der Waals surface area (Å²) in [5, 5.41) is 12.3. The minimum Gasteiger partial charge on any atom is -0.396 e. The Bertz CT molecular complexity index is 144. The predicted octanol–water partition coefficient (Wildman–Crippen LogP) is 0.773. The summed E-state index contributed by atoms with van der Waals surface area (Å²) in [6.45, 7) is 6.99. The summed E-state index contributed by atoms with van der Waals surface area (Å²) in [7, 11) is 0. The molecule has 13 heavy (non-hydrogen) atoms. The summed E-state index contributed by atoms with van der Waals surface area (Å²) in [4.78, 5) is 0. The van der Waals surface area contributed by atoms with Gasteiger partial charge in [0, 0.05) is 25.1 Å². The molecule has 0 aromatic carbocycles. The van der Waals surface area contributed by atoms with Crippen LogP contribution in [0.25, 0.3) is 0 Å². The largest absolute Gasteiger partial charge is 0.396 e. The molecule has 0 aromatic heterocycles. The van der Waals surface area contributed by atoms with Crippen molar-refractivity contribution >= 4 is 0 Å². The van der Waals surface area contributed by atoms with E-state index in [4.69, 9.17) is 9.84 Å². The zero-order valence-electron chi connectivity index (χ0n) is 8.68. The van der Waals surface area contributed by atoms with E-state index in [0.717, 1.165) is 19.7 Å². The molecule has 1 aliphatic rings. The van der Waals surface area contributed by atoms with Crippen LogP contribution in [0, 0.1) is 5.41 Å². The molecular weight excluding hydrogens is 166 g/mol. The fraction of sp³-hybridized carbons (Fsp3) is 1.00. The molecule has 0 amide bonds. The first-order valence-electron chi connectivity index (χ1n) is 5.12. The van der Waals surface area contributed by atoms with Crippen molar-refractivity contribution in [2.75, 3.05) is 26.3 Å². The van der Waals surface area contributed by atoms with Gasteiger partial charge in [-0.1, -0.05) is 0 Å². The van der Waals surface area contributed by atoms with Gasteiger partial charge < -0.3 is 15.2 Å². The molecule has 0 bridgehead atoms. The third-order valence-electron chi connectivity index (χ3n) is 2.52. The van der Waals surface area contributed by atoms with Gasteiger partial charge >= 0.3 is 0 Å². The maximum absolute atomic E-state index is 9.03. The quantitative estimate of drug-likeness (QED) is 0.579. The van der Waals surface area contributed by atoms with Crippen LogP contribution in [0.3, 0.4) is 0 Å². The lowest BCUT2D eigenvalue weighted by atomic mass is 10.1. The maximum Gasteiger partial charge on any atom is 0.0594 e. The lowest BCUT2D eigenvalue weighted by Gasteiger charge is -2.13. The molecule has 3 heteroatoms. The molecule has 3 nitrogen and oxygen atoms in total. The van der Waals surface area contributed by atoms with E-state index in [-0.39, 0.29) is 5.41 Å². The van der Waals surface area contributed by atoms with Gasteiger partial charge in [0.2, 0.25) is 0 Å². The van der Waals surface area contributed by atoms with Crippen molar-refractivity contribution in [3.8, 4) is 0 Å². The molecular formula is C10H21NO2. The van der Waals surface area contributed by atoms with Gasteiger partial charge in [-0.15, -0.1) is 0 Å². The smallest absolute Gasteiger partial charge is 0.0594 e. The van der Waals surface area contributed by atoms with Gasteiger partial charge in [0.25, 0.3) is 0 Å². The van der Waals surface area contributed by atoms with E-state index in [9.17, 15) is 0 Å². The Morgan fingerprint density at radius 3 is 2.62 bits per heavy atom. The van der Waals surface area contributed by atoms with E-state index >= 15 is 0 Å². The van der Waals surface area contributed by atoms with Crippen LogP contribution < -0.4 is 5.32 Å². The minimum atomic E-state index is 0.220. The SMILES string of the molecule is CC(C)OCCNCC1(CO)CC1. The van der Waals surface area contributed by atoms with Gasteiger partial charge in [-0.2, -0.15) is 0 Å². The zero-order valence-corrected chi connectivity index (χ0v) is 8.68. The first-order chi connectivity index (χ1) is 6.18. The summed E-state index contributed by atoms with van der Waals surface area (Å²) in [6.07, 6.45) is 2.65. The number of aliphatic hydroxyl groups excluding tert-OH is 1. The molecule has 78 valence electrons. The topological polar surface area (TPSA) is 41.5 Å². The summed E-state index contributed by atoms with van der Waals surface area (Å²) >= 11 is 0. The first kappa shape index (κ1) is 11.0. The molecule has 2 N–H and O–H groups in total. The molecule has 0 heterocycles. The average Bonchev–Trinajstić information content (AvgIpc) is 2.84. The van der Waals surface area contributed by atoms with Crippen molar-refractivity contribution in [2.24, 2.45) is 5.41 Å². The van der Waals surface area contributed by atoms with Crippen LogP contribution >= 0.6 is 0 Å². The van der Waals surface area contributed by atoms with Crippen LogP contribution in [0.4, 0.5) is 0 Å². The number of aliphatic hydroxyl groups is 1. The van der Waals surface area contributed by atoms with Gasteiger partial charge in [0.05, 0.1) is 12.7 Å². The van der Waals surface area contributed by atoms with Crippen LogP contribution in [0.15, 0.2) is 0 Å². The van der Waals surface area contributed by atoms with E-state index in [0.29, 0.717) is 12.7 Å². The van der Waals surface area contributed by atoms with Crippen molar-refractivity contribution in [1.29, 1.82) is 0 Å². The summed E-state index contributed by atoms with van der Waals surface area (Å²) in [6, 6.07) is 0. The molecule has 1 rings (SSSR count). The number of hydrogen-bond acceptors (Lipinski definition) is 3. The van der Waals surface area contributed by atoms with E-state index < -0.39 is 0 Å². The Balaban J connectivity index is 1.90. The lowest BCUT2D eigenvalue weighted by Crippen LogP contribution is -2.29. The number of nitrogens with one attached hydrogen (secondary N) is 1. The Morgan fingerprint density at radius 2 is 2.15 bits per heavy atom. The van der Waals surface area contributed by atoms with Crippen molar-refractivity contribution in [3.63, 3.8) is 0 Å². The molecule has 0 saturated heterocycles. The summed E-state index contributed by atoms with van der Waals surface area (Å²) < 4.78 is 5.39. The molecule has 1 fully saturated rings. The molecule has 0 atom stereocenters. The number of rotatable bonds is 7. The molecule has 0 aromatic rings. The summed E-state index contributed by atoms with van der Waals surface area (Å²) in [5.41, 5.74) is 0.220. The van der Waals surface area contributed by atoms with E-state index in [1.807, 2.05) is 13.8 Å². The van der Waals surface area contributed by atoms with E-state index in [1.54, 1.807) is 0 Å². The number of hydrogen-bond donors (Lipinski definition) is 2. The van der Waals surface area contributed by atoms with Crippen LogP contribution in [-0.2, 0) is 4.74 Å². The van der Waals surface area contributed by atoms with E-state index in [2.05, 4.69) is 5.32 Å². The van der Waals surface area contributed by atoms with Crippen LogP contribution in [-0.4, -0.2) is 37.5 Å². The predicted molar refractivity (Wildman–Crippen MR) is 52.7 cm³/mol. The maximum atomic E-state index is 9.03. The highest BCUT2D eigenvalue weighted by atomic mass is 16.5. The van der Waals surface area contributed by atoms with Gasteiger partial charge in [-0.3, -0.25) is 0 Å². The second-order valence-electron chi connectivity index (χ2n) is 4.25. The Morgan fingerprint density at radius 1 is 1.46 bits per heavy atom. The zero-order chi connectivity index (χ0) is 9.73.